The lowest BCUT2D eigenvalue weighted by molar-refractivity contribution is -0.111. The molecule has 0 spiro atoms. The molecule has 1 heterocycles. The Kier molecular flexibility index (Phi) is 1.71. The molecule has 3 heteroatoms. The van der Waals surface area contributed by atoms with Crippen LogP contribution in [0.1, 0.15) is 19.8 Å². The fourth-order valence-electron chi connectivity index (χ4n) is 0.913. The van der Waals surface area contributed by atoms with E-state index in [1.807, 2.05) is 0 Å². The van der Waals surface area contributed by atoms with Gasteiger partial charge in [-0.2, -0.15) is 0 Å². The molecule has 1 saturated heterocycles. The van der Waals surface area contributed by atoms with E-state index in [1.54, 1.807) is 0 Å². The zero-order chi connectivity index (χ0) is 6.85. The van der Waals surface area contributed by atoms with Gasteiger partial charge in [0.15, 0.2) is 0 Å². The second kappa shape index (κ2) is 2.35. The number of carbonyl (C=O) groups excluding carboxylic acids is 1. The zero-order valence-corrected chi connectivity index (χ0v) is 5.55. The van der Waals surface area contributed by atoms with Crippen molar-refractivity contribution in [3.05, 3.63) is 0 Å². The van der Waals surface area contributed by atoms with E-state index in [4.69, 9.17) is 5.73 Å². The van der Waals surface area contributed by atoms with Crippen molar-refractivity contribution in [2.24, 2.45) is 5.73 Å². The van der Waals surface area contributed by atoms with Gasteiger partial charge in [-0.1, -0.05) is 13.3 Å². The summed E-state index contributed by atoms with van der Waals surface area (Å²) in [6.45, 7) is 2.06. The summed E-state index contributed by atoms with van der Waals surface area (Å²) in [5.74, 6) is 0.107. The van der Waals surface area contributed by atoms with Crippen LogP contribution in [0.4, 0.5) is 0 Å². The third-order valence-corrected chi connectivity index (χ3v) is 1.55. The van der Waals surface area contributed by atoms with E-state index < -0.39 is 0 Å². The third-order valence-electron chi connectivity index (χ3n) is 1.55. The van der Waals surface area contributed by atoms with E-state index in [1.165, 1.54) is 0 Å². The quantitative estimate of drug-likeness (QED) is 0.508. The van der Waals surface area contributed by atoms with Gasteiger partial charge in [-0.25, -0.2) is 0 Å². The molecule has 52 valence electrons. The number of rotatable bonds is 3. The van der Waals surface area contributed by atoms with E-state index in [-0.39, 0.29) is 18.0 Å². The van der Waals surface area contributed by atoms with Gasteiger partial charge in [-0.15, -0.1) is 0 Å². The van der Waals surface area contributed by atoms with Crippen LogP contribution >= 0.6 is 0 Å². The average molecular weight is 128 g/mol. The summed E-state index contributed by atoms with van der Waals surface area (Å²) in [7, 11) is 0. The molecule has 2 atom stereocenters. The lowest BCUT2D eigenvalue weighted by Gasteiger charge is -2.02. The van der Waals surface area contributed by atoms with Crippen LogP contribution in [0.5, 0.6) is 0 Å². The molecule has 0 aliphatic carbocycles. The summed E-state index contributed by atoms with van der Waals surface area (Å²) in [6, 6.07) is 0.0208. The smallest absolute Gasteiger partial charge is 0.244 e. The van der Waals surface area contributed by atoms with Crippen LogP contribution < -0.4 is 11.1 Å². The molecule has 0 saturated carbocycles. The molecule has 0 bridgehead atoms. The minimum atomic E-state index is -0.0232. The van der Waals surface area contributed by atoms with Crippen molar-refractivity contribution in [2.75, 3.05) is 0 Å². The first kappa shape index (κ1) is 6.55. The monoisotopic (exact) mass is 128 g/mol. The van der Waals surface area contributed by atoms with Crippen molar-refractivity contribution in [3.8, 4) is 0 Å². The van der Waals surface area contributed by atoms with Gasteiger partial charge in [0.1, 0.15) is 6.04 Å². The van der Waals surface area contributed by atoms with Crippen LogP contribution in [0.15, 0.2) is 0 Å². The van der Waals surface area contributed by atoms with Gasteiger partial charge in [0.25, 0.3) is 0 Å². The topological polar surface area (TPSA) is 65.0 Å². The van der Waals surface area contributed by atoms with Gasteiger partial charge in [-0.3, -0.25) is 4.79 Å². The lowest BCUT2D eigenvalue weighted by atomic mass is 10.1. The second-order valence-electron chi connectivity index (χ2n) is 2.44. The Hall–Kier alpha value is -0.570. The Morgan fingerprint density at radius 1 is 1.89 bits per heavy atom. The highest BCUT2D eigenvalue weighted by molar-refractivity contribution is 5.97. The molecule has 3 N–H and O–H groups in total. The normalized spacial score (nSPS) is 27.3. The van der Waals surface area contributed by atoms with Crippen LogP contribution in [0.25, 0.3) is 0 Å². The molecule has 3 nitrogen and oxygen atoms in total. The Morgan fingerprint density at radius 3 is 2.78 bits per heavy atom. The summed E-state index contributed by atoms with van der Waals surface area (Å²) in [5.41, 5.74) is 5.60. The average Bonchev–Trinajstić information content (AvgIpc) is 2.47. The highest BCUT2D eigenvalue weighted by Crippen LogP contribution is 2.08. The molecule has 1 fully saturated rings. The zero-order valence-electron chi connectivity index (χ0n) is 5.55. The van der Waals surface area contributed by atoms with Gasteiger partial charge in [-0.05, 0) is 6.42 Å². The van der Waals surface area contributed by atoms with Crippen molar-refractivity contribution in [2.45, 2.75) is 31.8 Å². The van der Waals surface area contributed by atoms with Crippen LogP contribution in [-0.4, -0.2) is 18.0 Å². The Morgan fingerprint density at radius 2 is 2.44 bits per heavy atom. The number of carbonyl (C=O) groups is 1. The molecule has 0 radical (unpaired) electrons. The lowest BCUT2D eigenvalue weighted by Crippen LogP contribution is -2.28. The number of hydrogen-bond acceptors (Lipinski definition) is 2. The van der Waals surface area contributed by atoms with Gasteiger partial charge in [0.05, 0.1) is 0 Å². The molecule has 0 aromatic rings. The standard InChI is InChI=1S/C6H12N2O/c1-2-3-4(7)5-6(9)8-5/h4-5H,2-3,7H2,1H3,(H,8,9)/t4?,5-/m0/s1. The van der Waals surface area contributed by atoms with Gasteiger partial charge >= 0.3 is 0 Å². The molecule has 1 aliphatic heterocycles. The van der Waals surface area contributed by atoms with E-state index in [0.717, 1.165) is 12.8 Å². The van der Waals surface area contributed by atoms with Crippen molar-refractivity contribution in [1.82, 2.24) is 5.32 Å². The molecule has 1 aliphatic rings. The maximum absolute atomic E-state index is 10.4. The summed E-state index contributed by atoms with van der Waals surface area (Å²) in [6.07, 6.45) is 1.98. The third kappa shape index (κ3) is 1.42. The van der Waals surface area contributed by atoms with E-state index >= 15 is 0 Å². The summed E-state index contributed by atoms with van der Waals surface area (Å²) < 4.78 is 0. The van der Waals surface area contributed by atoms with Crippen LogP contribution in [0.2, 0.25) is 0 Å². The molecule has 0 aromatic heterocycles. The van der Waals surface area contributed by atoms with Gasteiger partial charge in [0, 0.05) is 6.04 Å². The SMILES string of the molecule is CCCC(N)[C@@H]1NC1=O. The number of nitrogens with two attached hydrogens (primary N) is 1. The Balaban J connectivity index is 2.19. The Labute approximate surface area is 54.6 Å². The second-order valence-corrected chi connectivity index (χ2v) is 2.44. The number of hydrogen-bond donors (Lipinski definition) is 2. The van der Waals surface area contributed by atoms with Crippen LogP contribution in [-0.2, 0) is 4.79 Å². The summed E-state index contributed by atoms with van der Waals surface area (Å²) in [5, 5.41) is 2.65. The highest BCUT2D eigenvalue weighted by Gasteiger charge is 2.38. The first-order chi connectivity index (χ1) is 4.25. The highest BCUT2D eigenvalue weighted by atomic mass is 16.2. The van der Waals surface area contributed by atoms with Crippen molar-refractivity contribution in [1.29, 1.82) is 0 Å². The fourth-order valence-corrected chi connectivity index (χ4v) is 0.913. The summed E-state index contributed by atoms with van der Waals surface area (Å²) in [4.78, 5) is 10.4. The molecular weight excluding hydrogens is 116 g/mol. The first-order valence-electron chi connectivity index (χ1n) is 3.31. The van der Waals surface area contributed by atoms with E-state index in [2.05, 4.69) is 12.2 Å². The summed E-state index contributed by atoms with van der Waals surface area (Å²) >= 11 is 0. The van der Waals surface area contributed by atoms with Crippen LogP contribution in [0, 0.1) is 0 Å². The largest absolute Gasteiger partial charge is 0.341 e. The minimum absolute atomic E-state index is 0.0232. The molecule has 1 unspecified atom stereocenters. The minimum Gasteiger partial charge on any atom is -0.341 e. The van der Waals surface area contributed by atoms with Crippen molar-refractivity contribution >= 4 is 5.91 Å². The predicted molar refractivity (Wildman–Crippen MR) is 34.8 cm³/mol. The molecule has 1 amide bonds. The molecule has 9 heavy (non-hydrogen) atoms. The van der Waals surface area contributed by atoms with Crippen LogP contribution in [0.3, 0.4) is 0 Å². The number of nitrogens with one attached hydrogen (secondary N) is 1. The molecular formula is C6H12N2O. The van der Waals surface area contributed by atoms with Gasteiger partial charge in [0.2, 0.25) is 5.91 Å². The number of amides is 1. The predicted octanol–water partition coefficient (Wildman–Crippen LogP) is -0.388. The van der Waals surface area contributed by atoms with Crippen molar-refractivity contribution < 1.29 is 4.79 Å². The van der Waals surface area contributed by atoms with Crippen molar-refractivity contribution in [3.63, 3.8) is 0 Å². The fraction of sp³-hybridized carbons (Fsp3) is 0.833. The van der Waals surface area contributed by atoms with Gasteiger partial charge < -0.3 is 11.1 Å². The maximum atomic E-state index is 10.4. The molecule has 0 aromatic carbocycles. The first-order valence-corrected chi connectivity index (χ1v) is 3.31. The Bertz CT molecular complexity index is 124. The van der Waals surface area contributed by atoms with E-state index in [9.17, 15) is 4.79 Å². The maximum Gasteiger partial charge on any atom is 0.244 e. The molecule has 1 rings (SSSR count). The van der Waals surface area contributed by atoms with E-state index in [0.29, 0.717) is 0 Å².